The molecule has 1 amide bonds. The third-order valence-corrected chi connectivity index (χ3v) is 1.60. The first-order chi connectivity index (χ1) is 6.87. The largest absolute Gasteiger partial charge is 0.508 e. The molecule has 0 atom stereocenters. The summed E-state index contributed by atoms with van der Waals surface area (Å²) in [6, 6.07) is 5.72. The number of benzene rings is 1. The molecule has 0 saturated heterocycles. The number of aromatic hydroxyl groups is 1. The monoisotopic (exact) mass is 215 g/mol. The zero-order chi connectivity index (χ0) is 11.5. The summed E-state index contributed by atoms with van der Waals surface area (Å²) in [4.78, 5) is 11.1. The van der Waals surface area contributed by atoms with Crippen LogP contribution in [0, 0.1) is 0 Å². The Kier molecular flexibility index (Phi) is 3.24. The maximum absolute atomic E-state index is 12.4. The number of hydrogen-bond acceptors (Lipinski definition) is 2. The number of amides is 1. The SMILES string of the molecule is CC(F)(F)CC(=O)Nc1cccc(O)c1. The highest BCUT2D eigenvalue weighted by Gasteiger charge is 2.25. The number of rotatable bonds is 3. The van der Waals surface area contributed by atoms with Crippen molar-refractivity contribution in [1.82, 2.24) is 0 Å². The molecule has 15 heavy (non-hydrogen) atoms. The van der Waals surface area contributed by atoms with E-state index in [0.29, 0.717) is 12.6 Å². The van der Waals surface area contributed by atoms with Crippen molar-refractivity contribution in [1.29, 1.82) is 0 Å². The van der Waals surface area contributed by atoms with Crippen molar-refractivity contribution < 1.29 is 18.7 Å². The lowest BCUT2D eigenvalue weighted by atomic mass is 10.2. The Hall–Kier alpha value is -1.65. The Morgan fingerprint density at radius 2 is 2.20 bits per heavy atom. The molecule has 0 aliphatic carbocycles. The molecule has 0 bridgehead atoms. The molecule has 1 aromatic carbocycles. The molecule has 0 heterocycles. The Morgan fingerprint density at radius 1 is 1.53 bits per heavy atom. The van der Waals surface area contributed by atoms with Gasteiger partial charge in [0.05, 0.1) is 6.42 Å². The van der Waals surface area contributed by atoms with E-state index in [4.69, 9.17) is 5.11 Å². The van der Waals surface area contributed by atoms with Gasteiger partial charge in [0.1, 0.15) is 5.75 Å². The van der Waals surface area contributed by atoms with E-state index in [1.807, 2.05) is 0 Å². The van der Waals surface area contributed by atoms with Crippen LogP contribution in [-0.2, 0) is 4.79 Å². The van der Waals surface area contributed by atoms with Gasteiger partial charge in [-0.25, -0.2) is 8.78 Å². The number of anilines is 1. The van der Waals surface area contributed by atoms with Crippen molar-refractivity contribution in [3.63, 3.8) is 0 Å². The molecule has 0 saturated carbocycles. The van der Waals surface area contributed by atoms with Gasteiger partial charge >= 0.3 is 0 Å². The molecule has 0 unspecified atom stereocenters. The molecule has 1 rings (SSSR count). The molecule has 0 radical (unpaired) electrons. The van der Waals surface area contributed by atoms with Crippen LogP contribution in [-0.4, -0.2) is 16.9 Å². The summed E-state index contributed by atoms with van der Waals surface area (Å²) in [6.07, 6.45) is -0.872. The fourth-order valence-electron chi connectivity index (χ4n) is 1.07. The first-order valence-electron chi connectivity index (χ1n) is 4.33. The van der Waals surface area contributed by atoms with Crippen LogP contribution in [0.25, 0.3) is 0 Å². The third-order valence-electron chi connectivity index (χ3n) is 1.60. The van der Waals surface area contributed by atoms with Gasteiger partial charge in [-0.15, -0.1) is 0 Å². The standard InChI is InChI=1S/C10H11F2NO2/c1-10(11,12)6-9(15)13-7-3-2-4-8(14)5-7/h2-5,14H,6H2,1H3,(H,13,15). The summed E-state index contributed by atoms with van der Waals surface area (Å²) in [6.45, 7) is 0.676. The topological polar surface area (TPSA) is 49.3 Å². The normalized spacial score (nSPS) is 11.1. The highest BCUT2D eigenvalue weighted by atomic mass is 19.3. The van der Waals surface area contributed by atoms with Crippen molar-refractivity contribution >= 4 is 11.6 Å². The van der Waals surface area contributed by atoms with Crippen molar-refractivity contribution in [2.24, 2.45) is 0 Å². The summed E-state index contributed by atoms with van der Waals surface area (Å²) < 4.78 is 24.9. The second-order valence-corrected chi connectivity index (χ2v) is 3.35. The maximum Gasteiger partial charge on any atom is 0.254 e. The van der Waals surface area contributed by atoms with Crippen molar-refractivity contribution in [2.75, 3.05) is 5.32 Å². The Bertz CT molecular complexity index is 361. The summed E-state index contributed by atoms with van der Waals surface area (Å²) >= 11 is 0. The van der Waals surface area contributed by atoms with Gasteiger partial charge in [0, 0.05) is 11.8 Å². The highest BCUT2D eigenvalue weighted by molar-refractivity contribution is 5.91. The number of hydrogen-bond donors (Lipinski definition) is 2. The number of phenols is 1. The Morgan fingerprint density at radius 3 is 2.73 bits per heavy atom. The van der Waals surface area contributed by atoms with Crippen LogP contribution in [0.15, 0.2) is 24.3 Å². The first-order valence-corrected chi connectivity index (χ1v) is 4.33. The molecule has 1 aromatic rings. The Balaban J connectivity index is 2.59. The fourth-order valence-corrected chi connectivity index (χ4v) is 1.07. The molecular weight excluding hydrogens is 204 g/mol. The number of carbonyl (C=O) groups excluding carboxylic acids is 1. The van der Waals surface area contributed by atoms with Crippen LogP contribution < -0.4 is 5.32 Å². The van der Waals surface area contributed by atoms with E-state index in [1.54, 1.807) is 0 Å². The maximum atomic E-state index is 12.4. The summed E-state index contributed by atoms with van der Waals surface area (Å²) in [7, 11) is 0. The molecule has 0 fully saturated rings. The number of alkyl halides is 2. The van der Waals surface area contributed by atoms with Gasteiger partial charge in [-0.3, -0.25) is 4.79 Å². The highest BCUT2D eigenvalue weighted by Crippen LogP contribution is 2.19. The minimum atomic E-state index is -3.03. The van der Waals surface area contributed by atoms with Crippen LogP contribution in [0.5, 0.6) is 5.75 Å². The van der Waals surface area contributed by atoms with Gasteiger partial charge in [0.2, 0.25) is 5.91 Å². The van der Waals surface area contributed by atoms with Crippen molar-refractivity contribution in [3.8, 4) is 5.75 Å². The van der Waals surface area contributed by atoms with Crippen LogP contribution in [0.4, 0.5) is 14.5 Å². The molecule has 0 aromatic heterocycles. The lowest BCUT2D eigenvalue weighted by Gasteiger charge is -2.10. The average Bonchev–Trinajstić information content (AvgIpc) is 1.99. The molecule has 5 heteroatoms. The number of halogens is 2. The molecule has 3 nitrogen and oxygen atoms in total. The molecule has 0 spiro atoms. The van der Waals surface area contributed by atoms with E-state index >= 15 is 0 Å². The third kappa shape index (κ3) is 4.39. The lowest BCUT2D eigenvalue weighted by Crippen LogP contribution is -2.22. The van der Waals surface area contributed by atoms with Gasteiger partial charge in [-0.1, -0.05) is 6.07 Å². The zero-order valence-corrected chi connectivity index (χ0v) is 8.13. The van der Waals surface area contributed by atoms with Crippen LogP contribution in [0.3, 0.4) is 0 Å². The number of carbonyl (C=O) groups is 1. The van der Waals surface area contributed by atoms with Gasteiger partial charge in [0.25, 0.3) is 5.92 Å². The van der Waals surface area contributed by atoms with Crippen LogP contribution in [0.2, 0.25) is 0 Å². The molecule has 82 valence electrons. The summed E-state index contributed by atoms with van der Waals surface area (Å²) in [5, 5.41) is 11.3. The summed E-state index contributed by atoms with van der Waals surface area (Å²) in [5.74, 6) is -3.84. The van der Waals surface area contributed by atoms with Gasteiger partial charge in [-0.05, 0) is 19.1 Å². The van der Waals surface area contributed by atoms with Crippen molar-refractivity contribution in [2.45, 2.75) is 19.3 Å². The molecular formula is C10H11F2NO2. The summed E-state index contributed by atoms with van der Waals surface area (Å²) in [5.41, 5.74) is 0.296. The number of nitrogens with one attached hydrogen (secondary N) is 1. The predicted molar refractivity (Wildman–Crippen MR) is 52.0 cm³/mol. The van der Waals surface area contributed by atoms with E-state index < -0.39 is 18.3 Å². The first kappa shape index (κ1) is 11.4. The minimum Gasteiger partial charge on any atom is -0.508 e. The number of phenolic OH excluding ortho intramolecular Hbond substituents is 1. The van der Waals surface area contributed by atoms with E-state index in [9.17, 15) is 13.6 Å². The molecule has 0 aliphatic rings. The minimum absolute atomic E-state index is 0.0314. The van der Waals surface area contributed by atoms with Gasteiger partial charge in [0.15, 0.2) is 0 Å². The Labute approximate surface area is 85.7 Å². The van der Waals surface area contributed by atoms with E-state index in [0.717, 1.165) is 0 Å². The van der Waals surface area contributed by atoms with Crippen LogP contribution in [0.1, 0.15) is 13.3 Å². The van der Waals surface area contributed by atoms with Crippen molar-refractivity contribution in [3.05, 3.63) is 24.3 Å². The quantitative estimate of drug-likeness (QED) is 0.813. The van der Waals surface area contributed by atoms with Crippen LogP contribution >= 0.6 is 0 Å². The zero-order valence-electron chi connectivity index (χ0n) is 8.13. The fraction of sp³-hybridized carbons (Fsp3) is 0.300. The van der Waals surface area contributed by atoms with E-state index in [1.165, 1.54) is 24.3 Å². The second kappa shape index (κ2) is 4.25. The predicted octanol–water partition coefficient (Wildman–Crippen LogP) is 2.38. The lowest BCUT2D eigenvalue weighted by molar-refractivity contribution is -0.122. The molecule has 0 aliphatic heterocycles. The average molecular weight is 215 g/mol. The van der Waals surface area contributed by atoms with E-state index in [2.05, 4.69) is 5.32 Å². The van der Waals surface area contributed by atoms with Gasteiger partial charge < -0.3 is 10.4 Å². The second-order valence-electron chi connectivity index (χ2n) is 3.35. The van der Waals surface area contributed by atoms with Gasteiger partial charge in [-0.2, -0.15) is 0 Å². The van der Waals surface area contributed by atoms with E-state index in [-0.39, 0.29) is 5.75 Å². The smallest absolute Gasteiger partial charge is 0.254 e. The molecule has 2 N–H and O–H groups in total.